The van der Waals surface area contributed by atoms with Crippen LogP contribution in [0.3, 0.4) is 0 Å². The van der Waals surface area contributed by atoms with E-state index in [1.807, 2.05) is 13.0 Å². The molecule has 4 nitrogen and oxygen atoms in total. The number of carbonyl (C=O) groups is 2. The highest BCUT2D eigenvalue weighted by Crippen LogP contribution is 2.17. The Bertz CT molecular complexity index is 486. The molecule has 0 N–H and O–H groups in total. The van der Waals surface area contributed by atoms with Crippen LogP contribution in [0.15, 0.2) is 12.1 Å². The predicted octanol–water partition coefficient (Wildman–Crippen LogP) is 2.11. The monoisotopic (exact) mass is 231 g/mol. The second-order valence-corrected chi connectivity index (χ2v) is 3.40. The van der Waals surface area contributed by atoms with E-state index in [4.69, 9.17) is 10.00 Å². The van der Waals surface area contributed by atoms with Crippen LogP contribution in [0.5, 0.6) is 0 Å². The Hall–Kier alpha value is -2.15. The number of aryl methyl sites for hydroxylation is 1. The topological polar surface area (TPSA) is 67.2 Å². The minimum Gasteiger partial charge on any atom is -0.462 e. The molecule has 4 heteroatoms. The van der Waals surface area contributed by atoms with Crippen LogP contribution < -0.4 is 0 Å². The summed E-state index contributed by atoms with van der Waals surface area (Å²) in [5, 5.41) is 8.92. The summed E-state index contributed by atoms with van der Waals surface area (Å²) in [7, 11) is 0. The molecular weight excluding hydrogens is 218 g/mol. The van der Waals surface area contributed by atoms with Gasteiger partial charge in [0.25, 0.3) is 0 Å². The lowest BCUT2D eigenvalue weighted by Crippen LogP contribution is -2.09. The van der Waals surface area contributed by atoms with Crippen molar-refractivity contribution in [1.82, 2.24) is 0 Å². The number of hydrogen-bond donors (Lipinski definition) is 0. The number of nitriles is 1. The highest BCUT2D eigenvalue weighted by atomic mass is 16.5. The minimum absolute atomic E-state index is 0.192. The van der Waals surface area contributed by atoms with Crippen LogP contribution >= 0.6 is 0 Å². The first-order chi connectivity index (χ1) is 8.17. The minimum atomic E-state index is -0.534. The Morgan fingerprint density at radius 1 is 1.47 bits per heavy atom. The molecule has 0 radical (unpaired) electrons. The van der Waals surface area contributed by atoms with E-state index >= 15 is 0 Å². The van der Waals surface area contributed by atoms with E-state index in [0.29, 0.717) is 18.3 Å². The van der Waals surface area contributed by atoms with Crippen LogP contribution in [0.2, 0.25) is 0 Å². The average molecular weight is 231 g/mol. The van der Waals surface area contributed by atoms with Gasteiger partial charge in [-0.05, 0) is 31.0 Å². The summed E-state index contributed by atoms with van der Waals surface area (Å²) in [4.78, 5) is 22.5. The molecule has 1 rings (SSSR count). The molecule has 0 fully saturated rings. The zero-order chi connectivity index (χ0) is 12.8. The standard InChI is InChI=1S/C13H13NO3/c1-3-9-6-12(13(16)17-4-2)11(8-15)5-10(9)7-14/h5-6,8H,3-4H2,1-2H3. The van der Waals surface area contributed by atoms with Gasteiger partial charge in [0.1, 0.15) is 0 Å². The maximum atomic E-state index is 11.6. The van der Waals surface area contributed by atoms with Gasteiger partial charge in [0.15, 0.2) is 6.29 Å². The van der Waals surface area contributed by atoms with E-state index in [1.165, 1.54) is 6.07 Å². The molecule has 0 unspecified atom stereocenters. The van der Waals surface area contributed by atoms with Gasteiger partial charge in [0.05, 0.1) is 23.8 Å². The third-order valence-corrected chi connectivity index (χ3v) is 2.40. The Labute approximate surface area is 99.8 Å². The van der Waals surface area contributed by atoms with Gasteiger partial charge in [-0.25, -0.2) is 4.79 Å². The van der Waals surface area contributed by atoms with Crippen LogP contribution in [0, 0.1) is 11.3 Å². The highest BCUT2D eigenvalue weighted by Gasteiger charge is 2.15. The number of hydrogen-bond acceptors (Lipinski definition) is 4. The summed E-state index contributed by atoms with van der Waals surface area (Å²) in [6.07, 6.45) is 1.18. The number of nitrogens with zero attached hydrogens (tertiary/aromatic N) is 1. The molecule has 1 aromatic rings. The van der Waals surface area contributed by atoms with Crippen molar-refractivity contribution in [1.29, 1.82) is 5.26 Å². The number of benzene rings is 1. The predicted molar refractivity (Wildman–Crippen MR) is 61.9 cm³/mol. The number of esters is 1. The zero-order valence-corrected chi connectivity index (χ0v) is 9.82. The van der Waals surface area contributed by atoms with E-state index in [-0.39, 0.29) is 17.7 Å². The maximum Gasteiger partial charge on any atom is 0.338 e. The molecule has 0 heterocycles. The summed E-state index contributed by atoms with van der Waals surface area (Å²) in [6, 6.07) is 4.99. The Morgan fingerprint density at radius 2 is 2.18 bits per heavy atom. The number of aldehydes is 1. The number of carbonyl (C=O) groups excluding carboxylic acids is 2. The van der Waals surface area contributed by atoms with Crippen molar-refractivity contribution in [3.05, 3.63) is 34.4 Å². The van der Waals surface area contributed by atoms with Crippen molar-refractivity contribution in [3.63, 3.8) is 0 Å². The van der Waals surface area contributed by atoms with Gasteiger partial charge < -0.3 is 4.74 Å². The molecule has 0 aliphatic heterocycles. The van der Waals surface area contributed by atoms with E-state index in [9.17, 15) is 9.59 Å². The third-order valence-electron chi connectivity index (χ3n) is 2.40. The normalized spacial score (nSPS) is 9.47. The van der Waals surface area contributed by atoms with Crippen molar-refractivity contribution in [2.75, 3.05) is 6.61 Å². The first-order valence-corrected chi connectivity index (χ1v) is 5.37. The number of rotatable bonds is 4. The fraction of sp³-hybridized carbons (Fsp3) is 0.308. The highest BCUT2D eigenvalue weighted by molar-refractivity contribution is 5.98. The van der Waals surface area contributed by atoms with Gasteiger partial charge >= 0.3 is 5.97 Å². The van der Waals surface area contributed by atoms with Gasteiger partial charge in [-0.1, -0.05) is 6.92 Å². The van der Waals surface area contributed by atoms with Crippen molar-refractivity contribution in [3.8, 4) is 6.07 Å². The average Bonchev–Trinajstić information content (AvgIpc) is 2.37. The molecule has 1 aromatic carbocycles. The van der Waals surface area contributed by atoms with E-state index in [2.05, 4.69) is 0 Å². The Kier molecular flexibility index (Phi) is 4.41. The van der Waals surface area contributed by atoms with Crippen LogP contribution in [0.1, 0.15) is 45.7 Å². The molecular formula is C13H13NO3. The fourth-order valence-electron chi connectivity index (χ4n) is 1.54. The zero-order valence-electron chi connectivity index (χ0n) is 9.82. The van der Waals surface area contributed by atoms with Crippen LogP contribution in [-0.4, -0.2) is 18.9 Å². The lowest BCUT2D eigenvalue weighted by Gasteiger charge is -2.08. The molecule has 0 bridgehead atoms. The quantitative estimate of drug-likeness (QED) is 0.588. The van der Waals surface area contributed by atoms with Crippen LogP contribution in [-0.2, 0) is 11.2 Å². The van der Waals surface area contributed by atoms with E-state index in [0.717, 1.165) is 5.56 Å². The molecule has 0 aliphatic carbocycles. The first-order valence-electron chi connectivity index (χ1n) is 5.37. The fourth-order valence-corrected chi connectivity index (χ4v) is 1.54. The molecule has 0 spiro atoms. The summed E-state index contributed by atoms with van der Waals surface area (Å²) in [5.74, 6) is -0.534. The van der Waals surface area contributed by atoms with Gasteiger partial charge in [-0.15, -0.1) is 0 Å². The van der Waals surface area contributed by atoms with Crippen molar-refractivity contribution in [2.24, 2.45) is 0 Å². The summed E-state index contributed by atoms with van der Waals surface area (Å²) in [6.45, 7) is 3.83. The lowest BCUT2D eigenvalue weighted by molar-refractivity contribution is 0.0524. The molecule has 0 aromatic heterocycles. The first kappa shape index (κ1) is 12.9. The SMILES string of the molecule is CCOC(=O)c1cc(CC)c(C#N)cc1C=O. The molecule has 0 saturated carbocycles. The van der Waals surface area contributed by atoms with Crippen molar-refractivity contribution >= 4 is 12.3 Å². The van der Waals surface area contributed by atoms with Crippen LogP contribution in [0.25, 0.3) is 0 Å². The largest absolute Gasteiger partial charge is 0.462 e. The molecule has 17 heavy (non-hydrogen) atoms. The van der Waals surface area contributed by atoms with Gasteiger partial charge in [-0.3, -0.25) is 4.79 Å². The molecule has 0 aliphatic rings. The van der Waals surface area contributed by atoms with E-state index in [1.54, 1.807) is 13.0 Å². The van der Waals surface area contributed by atoms with Gasteiger partial charge in [0, 0.05) is 5.56 Å². The van der Waals surface area contributed by atoms with E-state index < -0.39 is 5.97 Å². The molecule has 0 amide bonds. The van der Waals surface area contributed by atoms with Gasteiger partial charge in [-0.2, -0.15) is 5.26 Å². The maximum absolute atomic E-state index is 11.6. The summed E-state index contributed by atoms with van der Waals surface area (Å²) in [5.41, 5.74) is 1.57. The summed E-state index contributed by atoms with van der Waals surface area (Å²) < 4.78 is 4.86. The Balaban J connectivity index is 3.34. The lowest BCUT2D eigenvalue weighted by atomic mass is 9.98. The number of ether oxygens (including phenoxy) is 1. The second kappa shape index (κ2) is 5.80. The van der Waals surface area contributed by atoms with Crippen molar-refractivity contribution < 1.29 is 14.3 Å². The molecule has 88 valence electrons. The van der Waals surface area contributed by atoms with Crippen LogP contribution in [0.4, 0.5) is 0 Å². The second-order valence-electron chi connectivity index (χ2n) is 3.40. The smallest absolute Gasteiger partial charge is 0.338 e. The molecule has 0 saturated heterocycles. The Morgan fingerprint density at radius 3 is 2.65 bits per heavy atom. The summed E-state index contributed by atoms with van der Waals surface area (Å²) >= 11 is 0. The molecule has 0 atom stereocenters. The van der Waals surface area contributed by atoms with Crippen molar-refractivity contribution in [2.45, 2.75) is 20.3 Å². The third kappa shape index (κ3) is 2.70. The van der Waals surface area contributed by atoms with Gasteiger partial charge in [0.2, 0.25) is 0 Å².